The molecule has 0 saturated carbocycles. The highest BCUT2D eigenvalue weighted by molar-refractivity contribution is 5.55. The Labute approximate surface area is 152 Å². The van der Waals surface area contributed by atoms with Crippen LogP contribution < -0.4 is 15.6 Å². The molecule has 0 radical (unpaired) electrons. The van der Waals surface area contributed by atoms with Gasteiger partial charge in [0.2, 0.25) is 11.7 Å². The lowest BCUT2D eigenvalue weighted by molar-refractivity contribution is 0.242. The highest BCUT2D eigenvalue weighted by atomic mass is 16.5. The van der Waals surface area contributed by atoms with E-state index < -0.39 is 0 Å². The van der Waals surface area contributed by atoms with Crippen LogP contribution in [0.5, 0.6) is 5.75 Å². The zero-order chi connectivity index (χ0) is 17.9. The summed E-state index contributed by atoms with van der Waals surface area (Å²) in [5, 5.41) is 4.17. The summed E-state index contributed by atoms with van der Waals surface area (Å²) >= 11 is 0. The van der Waals surface area contributed by atoms with Crippen molar-refractivity contribution in [2.24, 2.45) is 0 Å². The summed E-state index contributed by atoms with van der Waals surface area (Å²) in [6.45, 7) is 4.75. The second-order valence-electron chi connectivity index (χ2n) is 6.67. The van der Waals surface area contributed by atoms with Crippen molar-refractivity contribution < 1.29 is 9.26 Å². The molecule has 0 amide bonds. The number of hydrazine groups is 1. The lowest BCUT2D eigenvalue weighted by Crippen LogP contribution is -2.24. The van der Waals surface area contributed by atoms with E-state index in [2.05, 4.69) is 33.1 Å². The van der Waals surface area contributed by atoms with Gasteiger partial charge in [-0.1, -0.05) is 35.5 Å². The summed E-state index contributed by atoms with van der Waals surface area (Å²) in [7, 11) is 0. The molecule has 1 fully saturated rings. The third kappa shape index (κ3) is 3.47. The minimum atomic E-state index is 0.0854. The first-order valence-electron chi connectivity index (χ1n) is 8.85. The van der Waals surface area contributed by atoms with Crippen molar-refractivity contribution in [3.63, 3.8) is 0 Å². The third-order valence-electron chi connectivity index (χ3n) is 4.38. The maximum Gasteiger partial charge on any atom is 0.233 e. The molecule has 3 aromatic rings. The quantitative estimate of drug-likeness (QED) is 0.734. The topological polar surface area (TPSA) is 72.2 Å². The van der Waals surface area contributed by atoms with Gasteiger partial charge in [0, 0.05) is 12.1 Å². The summed E-state index contributed by atoms with van der Waals surface area (Å²) in [6, 6.07) is 18.1. The number of nitrogens with one attached hydrogen (secondary N) is 2. The molecule has 1 aliphatic heterocycles. The number of ether oxygens (including phenoxy) is 1. The summed E-state index contributed by atoms with van der Waals surface area (Å²) in [5.74, 6) is 2.15. The minimum Gasteiger partial charge on any atom is -0.491 e. The van der Waals surface area contributed by atoms with Gasteiger partial charge in [-0.2, -0.15) is 4.98 Å². The molecule has 2 N–H and O–H groups in total. The fourth-order valence-corrected chi connectivity index (χ4v) is 3.16. The molecule has 1 aliphatic rings. The van der Waals surface area contributed by atoms with Crippen LogP contribution in [0.1, 0.15) is 37.3 Å². The SMILES string of the molecule is CC(C)Oc1ccc(-c2noc(C3CNNC3c3ccccc3)n2)cc1. The van der Waals surface area contributed by atoms with Gasteiger partial charge >= 0.3 is 0 Å². The first-order chi connectivity index (χ1) is 12.7. The molecule has 2 atom stereocenters. The zero-order valence-electron chi connectivity index (χ0n) is 14.8. The van der Waals surface area contributed by atoms with Crippen molar-refractivity contribution >= 4 is 0 Å². The Bertz CT molecular complexity index is 846. The van der Waals surface area contributed by atoms with E-state index in [0.29, 0.717) is 11.7 Å². The average molecular weight is 350 g/mol. The first-order valence-corrected chi connectivity index (χ1v) is 8.85. The number of aromatic nitrogens is 2. The van der Waals surface area contributed by atoms with Crippen LogP contribution in [0.4, 0.5) is 0 Å². The van der Waals surface area contributed by atoms with Crippen molar-refractivity contribution in [3.05, 3.63) is 66.1 Å². The number of nitrogens with zero attached hydrogens (tertiary/aromatic N) is 2. The number of rotatable bonds is 5. The van der Waals surface area contributed by atoms with Gasteiger partial charge < -0.3 is 9.26 Å². The van der Waals surface area contributed by atoms with Gasteiger partial charge in [0.1, 0.15) is 5.75 Å². The Balaban J connectivity index is 1.54. The molecule has 2 heterocycles. The molecule has 0 spiro atoms. The van der Waals surface area contributed by atoms with Gasteiger partial charge in [0.05, 0.1) is 18.1 Å². The van der Waals surface area contributed by atoms with Crippen molar-refractivity contribution in [3.8, 4) is 17.1 Å². The van der Waals surface area contributed by atoms with Crippen LogP contribution in [0.15, 0.2) is 59.1 Å². The second kappa shape index (κ2) is 7.27. The van der Waals surface area contributed by atoms with E-state index in [-0.39, 0.29) is 18.1 Å². The van der Waals surface area contributed by atoms with E-state index in [9.17, 15) is 0 Å². The predicted molar refractivity (Wildman–Crippen MR) is 98.6 cm³/mol. The molecular formula is C20H22N4O2. The van der Waals surface area contributed by atoms with Crippen LogP contribution in [0.2, 0.25) is 0 Å². The van der Waals surface area contributed by atoms with Crippen LogP contribution in [0.25, 0.3) is 11.4 Å². The maximum atomic E-state index is 5.67. The standard InChI is InChI=1S/C20H22N4O2/c1-13(2)25-16-10-8-15(9-11-16)19-22-20(26-24-19)17-12-21-23-18(17)14-6-4-3-5-7-14/h3-11,13,17-18,21,23H,12H2,1-2H3. The first kappa shape index (κ1) is 16.8. The van der Waals surface area contributed by atoms with Crippen molar-refractivity contribution in [1.82, 2.24) is 21.0 Å². The Hall–Kier alpha value is -2.70. The van der Waals surface area contributed by atoms with Gasteiger partial charge in [-0.25, -0.2) is 5.43 Å². The predicted octanol–water partition coefficient (Wildman–Crippen LogP) is 3.46. The Morgan fingerprint density at radius 1 is 1.08 bits per heavy atom. The maximum absolute atomic E-state index is 5.67. The van der Waals surface area contributed by atoms with E-state index in [1.807, 2.05) is 56.3 Å². The van der Waals surface area contributed by atoms with Crippen LogP contribution >= 0.6 is 0 Å². The normalized spacial score (nSPS) is 19.8. The van der Waals surface area contributed by atoms with E-state index in [4.69, 9.17) is 9.26 Å². The molecule has 26 heavy (non-hydrogen) atoms. The number of benzene rings is 2. The number of hydrogen-bond acceptors (Lipinski definition) is 6. The molecule has 2 unspecified atom stereocenters. The van der Waals surface area contributed by atoms with Gasteiger partial charge in [0.25, 0.3) is 0 Å². The molecular weight excluding hydrogens is 328 g/mol. The molecule has 6 heteroatoms. The molecule has 0 bridgehead atoms. The fraction of sp³-hybridized carbons (Fsp3) is 0.300. The van der Waals surface area contributed by atoms with E-state index in [1.165, 1.54) is 5.56 Å². The van der Waals surface area contributed by atoms with Crippen molar-refractivity contribution in [2.75, 3.05) is 6.54 Å². The molecule has 6 nitrogen and oxygen atoms in total. The lowest BCUT2D eigenvalue weighted by atomic mass is 9.95. The monoisotopic (exact) mass is 350 g/mol. The minimum absolute atomic E-state index is 0.0854. The van der Waals surface area contributed by atoms with Crippen LogP contribution in [0.3, 0.4) is 0 Å². The van der Waals surface area contributed by atoms with Gasteiger partial charge in [-0.05, 0) is 43.7 Å². The smallest absolute Gasteiger partial charge is 0.233 e. The Morgan fingerprint density at radius 3 is 2.58 bits per heavy atom. The van der Waals surface area contributed by atoms with Crippen LogP contribution in [0, 0.1) is 0 Å². The van der Waals surface area contributed by atoms with Crippen LogP contribution in [-0.4, -0.2) is 22.8 Å². The van der Waals surface area contributed by atoms with Crippen LogP contribution in [-0.2, 0) is 0 Å². The summed E-state index contributed by atoms with van der Waals surface area (Å²) < 4.78 is 11.3. The molecule has 0 aliphatic carbocycles. The molecule has 1 saturated heterocycles. The second-order valence-corrected chi connectivity index (χ2v) is 6.67. The Kier molecular flexibility index (Phi) is 4.69. The fourth-order valence-electron chi connectivity index (χ4n) is 3.16. The van der Waals surface area contributed by atoms with Crippen molar-refractivity contribution in [1.29, 1.82) is 0 Å². The summed E-state index contributed by atoms with van der Waals surface area (Å²) in [4.78, 5) is 4.63. The van der Waals surface area contributed by atoms with E-state index in [0.717, 1.165) is 17.9 Å². The highest BCUT2D eigenvalue weighted by Gasteiger charge is 2.33. The number of hydrogen-bond donors (Lipinski definition) is 2. The molecule has 2 aromatic carbocycles. The molecule has 4 rings (SSSR count). The van der Waals surface area contributed by atoms with Gasteiger partial charge in [0.15, 0.2) is 0 Å². The zero-order valence-corrected chi connectivity index (χ0v) is 14.8. The van der Waals surface area contributed by atoms with E-state index >= 15 is 0 Å². The van der Waals surface area contributed by atoms with Crippen molar-refractivity contribution in [2.45, 2.75) is 31.9 Å². The third-order valence-corrected chi connectivity index (χ3v) is 4.38. The lowest BCUT2D eigenvalue weighted by Gasteiger charge is -2.15. The molecule has 134 valence electrons. The summed E-state index contributed by atoms with van der Waals surface area (Å²) in [5.41, 5.74) is 8.60. The highest BCUT2D eigenvalue weighted by Crippen LogP contribution is 2.33. The largest absolute Gasteiger partial charge is 0.491 e. The summed E-state index contributed by atoms with van der Waals surface area (Å²) in [6.07, 6.45) is 0.148. The van der Waals surface area contributed by atoms with E-state index in [1.54, 1.807) is 0 Å². The van der Waals surface area contributed by atoms with Gasteiger partial charge in [-0.3, -0.25) is 5.43 Å². The average Bonchev–Trinajstić information content (AvgIpc) is 3.32. The van der Waals surface area contributed by atoms with Gasteiger partial charge in [-0.15, -0.1) is 0 Å². The molecule has 1 aromatic heterocycles. The Morgan fingerprint density at radius 2 is 1.85 bits per heavy atom.